The van der Waals surface area contributed by atoms with E-state index in [-0.39, 0.29) is 11.9 Å². The first-order valence-electron chi connectivity index (χ1n) is 6.18. The van der Waals surface area contributed by atoms with Gasteiger partial charge in [-0.25, -0.2) is 0 Å². The van der Waals surface area contributed by atoms with Crippen LogP contribution in [0.4, 0.5) is 5.69 Å². The molecule has 0 aliphatic carbocycles. The van der Waals surface area contributed by atoms with E-state index in [1.165, 1.54) is 0 Å². The van der Waals surface area contributed by atoms with Gasteiger partial charge in [0.1, 0.15) is 6.29 Å². The van der Waals surface area contributed by atoms with Gasteiger partial charge in [0.2, 0.25) is 5.91 Å². The van der Waals surface area contributed by atoms with Crippen molar-refractivity contribution >= 4 is 17.9 Å². The van der Waals surface area contributed by atoms with Crippen LogP contribution in [-0.2, 0) is 4.79 Å². The summed E-state index contributed by atoms with van der Waals surface area (Å²) in [5.74, 6) is 0.0230. The second-order valence-corrected chi connectivity index (χ2v) is 4.80. The molecule has 1 saturated heterocycles. The maximum absolute atomic E-state index is 11.0. The van der Waals surface area contributed by atoms with Crippen LogP contribution in [0, 0.1) is 6.92 Å². The first kappa shape index (κ1) is 12.6. The fraction of sp³-hybridized carbons (Fsp3) is 0.429. The van der Waals surface area contributed by atoms with E-state index < -0.39 is 0 Å². The molecule has 0 radical (unpaired) electrons. The minimum Gasteiger partial charge on any atom is -0.369 e. The van der Waals surface area contributed by atoms with Crippen LogP contribution in [0.2, 0.25) is 0 Å². The molecular formula is C14H18N2O2. The van der Waals surface area contributed by atoms with Crippen LogP contribution in [0.5, 0.6) is 0 Å². The van der Waals surface area contributed by atoms with E-state index in [0.29, 0.717) is 5.56 Å². The summed E-state index contributed by atoms with van der Waals surface area (Å²) in [4.78, 5) is 24.0. The standard InChI is InChI=1S/C14H18N2O2/c1-10-7-12(9-17)3-4-14(10)16-6-5-13(8-16)15-11(2)18/h3-4,7,9,13H,5-6,8H2,1-2H3,(H,15,18). The SMILES string of the molecule is CC(=O)NC1CCN(c2ccc(C=O)cc2C)C1. The zero-order valence-electron chi connectivity index (χ0n) is 10.8. The van der Waals surface area contributed by atoms with E-state index in [1.54, 1.807) is 6.92 Å². The quantitative estimate of drug-likeness (QED) is 0.823. The fourth-order valence-corrected chi connectivity index (χ4v) is 2.49. The second-order valence-electron chi connectivity index (χ2n) is 4.80. The van der Waals surface area contributed by atoms with Crippen LogP contribution in [0.3, 0.4) is 0 Å². The topological polar surface area (TPSA) is 49.4 Å². The van der Waals surface area contributed by atoms with Crippen LogP contribution < -0.4 is 10.2 Å². The highest BCUT2D eigenvalue weighted by atomic mass is 16.1. The number of nitrogens with zero attached hydrogens (tertiary/aromatic N) is 1. The Morgan fingerprint density at radius 2 is 2.28 bits per heavy atom. The van der Waals surface area contributed by atoms with Gasteiger partial charge >= 0.3 is 0 Å². The molecule has 0 aromatic heterocycles. The molecule has 96 valence electrons. The Hall–Kier alpha value is -1.84. The maximum Gasteiger partial charge on any atom is 0.217 e. The number of aryl methyl sites for hydroxylation is 1. The fourth-order valence-electron chi connectivity index (χ4n) is 2.49. The normalized spacial score (nSPS) is 18.8. The van der Waals surface area contributed by atoms with E-state index in [1.807, 2.05) is 25.1 Å². The Morgan fingerprint density at radius 1 is 1.50 bits per heavy atom. The minimum atomic E-state index is 0.0230. The predicted molar refractivity (Wildman–Crippen MR) is 71.0 cm³/mol. The van der Waals surface area contributed by atoms with Crippen molar-refractivity contribution < 1.29 is 9.59 Å². The van der Waals surface area contributed by atoms with Gasteiger partial charge in [0.05, 0.1) is 0 Å². The lowest BCUT2D eigenvalue weighted by molar-refractivity contribution is -0.119. The van der Waals surface area contributed by atoms with Crippen molar-refractivity contribution in [1.82, 2.24) is 5.32 Å². The lowest BCUT2D eigenvalue weighted by atomic mass is 10.1. The third kappa shape index (κ3) is 2.70. The third-order valence-electron chi connectivity index (χ3n) is 3.29. The first-order valence-corrected chi connectivity index (χ1v) is 6.18. The summed E-state index contributed by atoms with van der Waals surface area (Å²) in [7, 11) is 0. The van der Waals surface area contributed by atoms with Crippen molar-refractivity contribution in [2.75, 3.05) is 18.0 Å². The highest BCUT2D eigenvalue weighted by Crippen LogP contribution is 2.24. The molecular weight excluding hydrogens is 228 g/mol. The van der Waals surface area contributed by atoms with Crippen molar-refractivity contribution in [2.45, 2.75) is 26.3 Å². The zero-order valence-corrected chi connectivity index (χ0v) is 10.8. The lowest BCUT2D eigenvalue weighted by Crippen LogP contribution is -2.35. The van der Waals surface area contributed by atoms with Gasteiger partial charge in [0, 0.05) is 37.3 Å². The van der Waals surface area contributed by atoms with E-state index >= 15 is 0 Å². The Labute approximate surface area is 107 Å². The molecule has 1 N–H and O–H groups in total. The molecule has 0 bridgehead atoms. The Morgan fingerprint density at radius 3 is 2.89 bits per heavy atom. The van der Waals surface area contributed by atoms with E-state index in [0.717, 1.165) is 37.0 Å². The molecule has 1 heterocycles. The molecule has 1 atom stereocenters. The molecule has 4 heteroatoms. The molecule has 1 unspecified atom stereocenters. The maximum atomic E-state index is 11.0. The summed E-state index contributed by atoms with van der Waals surface area (Å²) in [6.07, 6.45) is 1.83. The number of rotatable bonds is 3. The molecule has 1 amide bonds. The van der Waals surface area contributed by atoms with Crippen molar-refractivity contribution in [3.05, 3.63) is 29.3 Å². The lowest BCUT2D eigenvalue weighted by Gasteiger charge is -2.21. The van der Waals surface area contributed by atoms with Crippen molar-refractivity contribution in [3.63, 3.8) is 0 Å². The summed E-state index contributed by atoms with van der Waals surface area (Å²) >= 11 is 0. The monoisotopic (exact) mass is 246 g/mol. The predicted octanol–water partition coefficient (Wildman–Crippen LogP) is 1.52. The molecule has 1 aromatic rings. The molecule has 18 heavy (non-hydrogen) atoms. The largest absolute Gasteiger partial charge is 0.369 e. The molecule has 1 aliphatic heterocycles. The van der Waals surface area contributed by atoms with Crippen LogP contribution >= 0.6 is 0 Å². The number of carbonyl (C=O) groups is 2. The van der Waals surface area contributed by atoms with Gasteiger partial charge in [-0.05, 0) is 37.1 Å². The van der Waals surface area contributed by atoms with E-state index in [4.69, 9.17) is 0 Å². The number of hydrogen-bond donors (Lipinski definition) is 1. The van der Waals surface area contributed by atoms with Gasteiger partial charge in [-0.2, -0.15) is 0 Å². The molecule has 0 spiro atoms. The average molecular weight is 246 g/mol. The average Bonchev–Trinajstić information content (AvgIpc) is 2.76. The summed E-state index contributed by atoms with van der Waals surface area (Å²) in [5, 5.41) is 2.95. The Kier molecular flexibility index (Phi) is 3.65. The number of amides is 1. The van der Waals surface area contributed by atoms with Crippen LogP contribution in [-0.4, -0.2) is 31.3 Å². The van der Waals surface area contributed by atoms with Crippen molar-refractivity contribution in [3.8, 4) is 0 Å². The molecule has 4 nitrogen and oxygen atoms in total. The Bertz CT molecular complexity index is 471. The first-order chi connectivity index (χ1) is 8.60. The summed E-state index contributed by atoms with van der Waals surface area (Å²) < 4.78 is 0. The van der Waals surface area contributed by atoms with Gasteiger partial charge in [0.15, 0.2) is 0 Å². The van der Waals surface area contributed by atoms with Gasteiger partial charge in [-0.3, -0.25) is 9.59 Å². The summed E-state index contributed by atoms with van der Waals surface area (Å²) in [5.41, 5.74) is 2.95. The van der Waals surface area contributed by atoms with E-state index in [9.17, 15) is 9.59 Å². The third-order valence-corrected chi connectivity index (χ3v) is 3.29. The molecule has 0 saturated carbocycles. The van der Waals surface area contributed by atoms with Gasteiger partial charge in [-0.15, -0.1) is 0 Å². The highest BCUT2D eigenvalue weighted by Gasteiger charge is 2.23. The van der Waals surface area contributed by atoms with Crippen molar-refractivity contribution in [1.29, 1.82) is 0 Å². The number of nitrogens with one attached hydrogen (secondary N) is 1. The number of aldehydes is 1. The molecule has 1 aliphatic rings. The number of hydrogen-bond acceptors (Lipinski definition) is 3. The summed E-state index contributed by atoms with van der Waals surface area (Å²) in [6.45, 7) is 5.33. The smallest absolute Gasteiger partial charge is 0.217 e. The molecule has 1 aromatic carbocycles. The summed E-state index contributed by atoms with van der Waals surface area (Å²) in [6, 6.07) is 5.94. The highest BCUT2D eigenvalue weighted by molar-refractivity contribution is 5.77. The van der Waals surface area contributed by atoms with E-state index in [2.05, 4.69) is 10.2 Å². The number of carbonyl (C=O) groups excluding carboxylic acids is 2. The second kappa shape index (κ2) is 5.21. The molecule has 2 rings (SSSR count). The van der Waals surface area contributed by atoms with Crippen LogP contribution in [0.1, 0.15) is 29.3 Å². The molecule has 1 fully saturated rings. The minimum absolute atomic E-state index is 0.0230. The van der Waals surface area contributed by atoms with Gasteiger partial charge in [-0.1, -0.05) is 0 Å². The number of anilines is 1. The zero-order chi connectivity index (χ0) is 13.1. The van der Waals surface area contributed by atoms with Gasteiger partial charge < -0.3 is 10.2 Å². The Balaban J connectivity index is 2.09. The van der Waals surface area contributed by atoms with Crippen LogP contribution in [0.25, 0.3) is 0 Å². The van der Waals surface area contributed by atoms with Crippen molar-refractivity contribution in [2.24, 2.45) is 0 Å². The number of benzene rings is 1. The van der Waals surface area contributed by atoms with Gasteiger partial charge in [0.25, 0.3) is 0 Å². The van der Waals surface area contributed by atoms with Crippen LogP contribution in [0.15, 0.2) is 18.2 Å².